The summed E-state index contributed by atoms with van der Waals surface area (Å²) in [6.07, 6.45) is 0.552. The van der Waals surface area contributed by atoms with Gasteiger partial charge >= 0.3 is 0 Å². The van der Waals surface area contributed by atoms with Gasteiger partial charge in [0.15, 0.2) is 0 Å². The third-order valence-electron chi connectivity index (χ3n) is 1.73. The highest BCUT2D eigenvalue weighted by atomic mass is 79.9. The number of aryl methyl sites for hydroxylation is 2. The molecule has 0 aromatic carbocycles. The molecule has 0 aliphatic carbocycles. The van der Waals surface area contributed by atoms with Gasteiger partial charge in [-0.05, 0) is 42.3 Å². The van der Waals surface area contributed by atoms with Gasteiger partial charge < -0.3 is 0 Å². The molecule has 0 N–H and O–H groups in total. The molecule has 1 rings (SSSR count). The molecule has 0 saturated heterocycles. The van der Waals surface area contributed by atoms with Crippen molar-refractivity contribution < 1.29 is 4.79 Å². The molecule has 0 spiro atoms. The first-order chi connectivity index (χ1) is 5.52. The summed E-state index contributed by atoms with van der Waals surface area (Å²) in [6, 6.07) is 0. The van der Waals surface area contributed by atoms with Crippen LogP contribution in [-0.2, 0) is 11.2 Å². The van der Waals surface area contributed by atoms with Gasteiger partial charge in [0.05, 0.1) is 0 Å². The van der Waals surface area contributed by atoms with Gasteiger partial charge in [-0.3, -0.25) is 4.79 Å². The molecule has 1 heterocycles. The van der Waals surface area contributed by atoms with Crippen molar-refractivity contribution in [2.45, 2.75) is 27.2 Å². The van der Waals surface area contributed by atoms with Gasteiger partial charge in [-0.1, -0.05) is 0 Å². The van der Waals surface area contributed by atoms with Gasteiger partial charge in [-0.15, -0.1) is 11.3 Å². The molecule has 66 valence electrons. The fourth-order valence-corrected chi connectivity index (χ4v) is 2.94. The van der Waals surface area contributed by atoms with E-state index in [4.69, 9.17) is 0 Å². The lowest BCUT2D eigenvalue weighted by Crippen LogP contribution is -1.96. The van der Waals surface area contributed by atoms with Crippen LogP contribution in [0, 0.1) is 13.8 Å². The van der Waals surface area contributed by atoms with Gasteiger partial charge in [-0.25, -0.2) is 0 Å². The minimum Gasteiger partial charge on any atom is -0.300 e. The standard InChI is InChI=1S/C9H11BrOS/c1-5(11)4-8-6(2)12-7(3)9(8)10/h4H2,1-3H3. The van der Waals surface area contributed by atoms with Crippen molar-refractivity contribution in [3.63, 3.8) is 0 Å². The Morgan fingerprint density at radius 2 is 2.00 bits per heavy atom. The van der Waals surface area contributed by atoms with Crippen molar-refractivity contribution in [2.75, 3.05) is 0 Å². The summed E-state index contributed by atoms with van der Waals surface area (Å²) in [5, 5.41) is 0. The van der Waals surface area contributed by atoms with E-state index >= 15 is 0 Å². The van der Waals surface area contributed by atoms with Crippen molar-refractivity contribution in [1.29, 1.82) is 0 Å². The lowest BCUT2D eigenvalue weighted by molar-refractivity contribution is -0.116. The minimum absolute atomic E-state index is 0.219. The van der Waals surface area contributed by atoms with Crippen LogP contribution >= 0.6 is 27.3 Å². The maximum atomic E-state index is 10.9. The van der Waals surface area contributed by atoms with Gasteiger partial charge in [0.2, 0.25) is 0 Å². The summed E-state index contributed by atoms with van der Waals surface area (Å²) in [6.45, 7) is 5.74. The zero-order valence-corrected chi connectivity index (χ0v) is 9.80. The summed E-state index contributed by atoms with van der Waals surface area (Å²) >= 11 is 5.23. The summed E-state index contributed by atoms with van der Waals surface area (Å²) in [7, 11) is 0. The van der Waals surface area contributed by atoms with Crippen LogP contribution < -0.4 is 0 Å². The molecule has 0 saturated carbocycles. The van der Waals surface area contributed by atoms with E-state index in [1.807, 2.05) is 0 Å². The second kappa shape index (κ2) is 3.71. The molecule has 0 amide bonds. The third kappa shape index (κ3) is 1.96. The number of carbonyl (C=O) groups excluding carboxylic acids is 1. The number of halogens is 1. The number of thiophene rings is 1. The molecule has 0 fully saturated rings. The zero-order chi connectivity index (χ0) is 9.30. The quantitative estimate of drug-likeness (QED) is 0.783. The molecule has 0 aliphatic heterocycles. The molecule has 3 heteroatoms. The average Bonchev–Trinajstić information content (AvgIpc) is 2.16. The third-order valence-corrected chi connectivity index (χ3v) is 4.13. The van der Waals surface area contributed by atoms with Crippen LogP contribution in [0.3, 0.4) is 0 Å². The van der Waals surface area contributed by atoms with Crippen LogP contribution in [0.25, 0.3) is 0 Å². The smallest absolute Gasteiger partial charge is 0.134 e. The molecule has 1 aromatic heterocycles. The van der Waals surface area contributed by atoms with E-state index in [2.05, 4.69) is 29.8 Å². The Morgan fingerprint density at radius 1 is 1.42 bits per heavy atom. The number of carbonyl (C=O) groups is 1. The molecular weight excluding hydrogens is 236 g/mol. The van der Waals surface area contributed by atoms with Gasteiger partial charge in [0.25, 0.3) is 0 Å². The van der Waals surface area contributed by atoms with Gasteiger partial charge in [0.1, 0.15) is 5.78 Å². The number of hydrogen-bond donors (Lipinski definition) is 0. The normalized spacial score (nSPS) is 10.3. The summed E-state index contributed by atoms with van der Waals surface area (Å²) in [5.74, 6) is 0.219. The molecular formula is C9H11BrOS. The lowest BCUT2D eigenvalue weighted by atomic mass is 10.1. The monoisotopic (exact) mass is 246 g/mol. The van der Waals surface area contributed by atoms with E-state index in [0.29, 0.717) is 6.42 Å². The molecule has 0 atom stereocenters. The predicted octanol–water partition coefficient (Wildman–Crippen LogP) is 3.26. The van der Waals surface area contributed by atoms with E-state index in [1.54, 1.807) is 18.3 Å². The summed E-state index contributed by atoms with van der Waals surface area (Å²) < 4.78 is 1.11. The SMILES string of the molecule is CC(=O)Cc1c(C)sc(C)c1Br. The topological polar surface area (TPSA) is 17.1 Å². The van der Waals surface area contributed by atoms with Crippen molar-refractivity contribution >= 4 is 33.0 Å². The Balaban J connectivity index is 3.05. The summed E-state index contributed by atoms with van der Waals surface area (Å²) in [5.41, 5.74) is 1.16. The largest absolute Gasteiger partial charge is 0.300 e. The molecule has 0 aliphatic rings. The molecule has 1 nitrogen and oxygen atoms in total. The number of hydrogen-bond acceptors (Lipinski definition) is 2. The van der Waals surface area contributed by atoms with E-state index in [1.165, 1.54) is 9.75 Å². The number of rotatable bonds is 2. The van der Waals surface area contributed by atoms with Crippen LogP contribution in [0.5, 0.6) is 0 Å². The van der Waals surface area contributed by atoms with Crippen molar-refractivity contribution in [1.82, 2.24) is 0 Å². The van der Waals surface area contributed by atoms with Gasteiger partial charge in [0, 0.05) is 20.6 Å². The minimum atomic E-state index is 0.219. The van der Waals surface area contributed by atoms with Crippen molar-refractivity contribution in [2.24, 2.45) is 0 Å². The summed E-state index contributed by atoms with van der Waals surface area (Å²) in [4.78, 5) is 13.4. The highest BCUT2D eigenvalue weighted by Gasteiger charge is 2.11. The second-order valence-electron chi connectivity index (χ2n) is 2.89. The Morgan fingerprint density at radius 3 is 2.33 bits per heavy atom. The molecule has 1 aromatic rings. The predicted molar refractivity (Wildman–Crippen MR) is 55.9 cm³/mol. The van der Waals surface area contributed by atoms with Crippen LogP contribution in [0.1, 0.15) is 22.2 Å². The molecule has 0 bridgehead atoms. The number of Topliss-reactive ketones (excluding diaryl/α,β-unsaturated/α-hetero) is 1. The average molecular weight is 247 g/mol. The zero-order valence-electron chi connectivity index (χ0n) is 7.40. The fourth-order valence-electron chi connectivity index (χ4n) is 1.15. The first-order valence-electron chi connectivity index (χ1n) is 3.76. The van der Waals surface area contributed by atoms with Gasteiger partial charge in [-0.2, -0.15) is 0 Å². The highest BCUT2D eigenvalue weighted by molar-refractivity contribution is 9.10. The molecule has 0 unspecified atom stereocenters. The first-order valence-corrected chi connectivity index (χ1v) is 5.37. The molecule has 12 heavy (non-hydrogen) atoms. The maximum Gasteiger partial charge on any atom is 0.134 e. The highest BCUT2D eigenvalue weighted by Crippen LogP contribution is 2.32. The Hall–Kier alpha value is -0.150. The maximum absolute atomic E-state index is 10.9. The first kappa shape index (κ1) is 9.93. The van der Waals surface area contributed by atoms with E-state index in [-0.39, 0.29) is 5.78 Å². The van der Waals surface area contributed by atoms with E-state index < -0.39 is 0 Å². The molecule has 0 radical (unpaired) electrons. The Kier molecular flexibility index (Phi) is 3.07. The van der Waals surface area contributed by atoms with Crippen LogP contribution in [0.2, 0.25) is 0 Å². The van der Waals surface area contributed by atoms with E-state index in [9.17, 15) is 4.79 Å². The lowest BCUT2D eigenvalue weighted by Gasteiger charge is -1.96. The second-order valence-corrected chi connectivity index (χ2v) is 5.11. The van der Waals surface area contributed by atoms with Crippen LogP contribution in [-0.4, -0.2) is 5.78 Å². The Bertz CT molecular complexity index is 315. The fraction of sp³-hybridized carbons (Fsp3) is 0.444. The Labute approximate surface area is 84.9 Å². The van der Waals surface area contributed by atoms with E-state index in [0.717, 1.165) is 10.0 Å². The van der Waals surface area contributed by atoms with Crippen LogP contribution in [0.15, 0.2) is 4.47 Å². The van der Waals surface area contributed by atoms with Crippen molar-refractivity contribution in [3.05, 3.63) is 19.8 Å². The van der Waals surface area contributed by atoms with Crippen LogP contribution in [0.4, 0.5) is 0 Å². The van der Waals surface area contributed by atoms with Crippen molar-refractivity contribution in [3.8, 4) is 0 Å². The number of ketones is 1.